The number of carbonyl (C=O) groups excluding carboxylic acids is 2. The second-order valence-electron chi connectivity index (χ2n) is 7.75. The number of hydrogen-bond donors (Lipinski definition) is 0. The van der Waals surface area contributed by atoms with Gasteiger partial charge in [0, 0.05) is 4.47 Å². The first-order chi connectivity index (χ1) is 17.8. The van der Waals surface area contributed by atoms with Crippen LogP contribution in [0.4, 0.5) is 0 Å². The summed E-state index contributed by atoms with van der Waals surface area (Å²) in [7, 11) is 0. The van der Waals surface area contributed by atoms with Crippen LogP contribution in [0.25, 0.3) is 11.4 Å². The van der Waals surface area contributed by atoms with Crippen LogP contribution in [0.1, 0.15) is 51.8 Å². The molecule has 0 unspecified atom stereocenters. The summed E-state index contributed by atoms with van der Waals surface area (Å²) < 4.78 is 14.0. The fourth-order valence-electron chi connectivity index (χ4n) is 3.41. The van der Waals surface area contributed by atoms with E-state index in [2.05, 4.69) is 32.2 Å². The zero-order valence-electron chi connectivity index (χ0n) is 20.9. The van der Waals surface area contributed by atoms with Gasteiger partial charge >= 0.3 is 11.9 Å². The molecule has 0 saturated heterocycles. The van der Waals surface area contributed by atoms with Crippen molar-refractivity contribution in [1.29, 1.82) is 5.26 Å². The predicted molar refractivity (Wildman–Crippen MR) is 141 cm³/mol. The monoisotopic (exact) mass is 563 g/mol. The molecule has 0 aliphatic heterocycles. The molecule has 0 radical (unpaired) electrons. The highest BCUT2D eigenvalue weighted by Crippen LogP contribution is 2.18. The number of nitrogens with zero attached hydrogens (tertiary/aromatic N) is 5. The third-order valence-corrected chi connectivity index (χ3v) is 5.40. The lowest BCUT2D eigenvalue weighted by Gasteiger charge is -2.07. The van der Waals surface area contributed by atoms with E-state index < -0.39 is 5.97 Å². The predicted octanol–water partition coefficient (Wildman–Crippen LogP) is 5.35. The molecule has 0 atom stereocenters. The average Bonchev–Trinajstić information content (AvgIpc) is 3.48. The smallest absolute Gasteiger partial charge is 0.357 e. The Morgan fingerprint density at radius 3 is 1.78 bits per heavy atom. The number of benzene rings is 2. The summed E-state index contributed by atoms with van der Waals surface area (Å²) in [5.74, 6) is -0.788. The Morgan fingerprint density at radius 1 is 0.838 bits per heavy atom. The van der Waals surface area contributed by atoms with E-state index in [0.717, 1.165) is 15.9 Å². The molecule has 0 N–H and O–H groups in total. The van der Waals surface area contributed by atoms with Gasteiger partial charge in [-0.2, -0.15) is 15.5 Å². The van der Waals surface area contributed by atoms with Crippen LogP contribution in [0, 0.1) is 25.2 Å². The van der Waals surface area contributed by atoms with E-state index >= 15 is 0 Å². The topological polar surface area (TPSA) is 112 Å². The minimum Gasteiger partial charge on any atom is -0.461 e. The molecule has 2 aromatic carbocycles. The molecular formula is C27H26BrN5O4. The molecule has 2 aromatic heterocycles. The molecule has 4 rings (SSSR count). The number of esters is 2. The summed E-state index contributed by atoms with van der Waals surface area (Å²) in [6, 6.07) is 20.0. The van der Waals surface area contributed by atoms with E-state index in [1.165, 1.54) is 4.68 Å². The number of aryl methyl sites for hydroxylation is 2. The zero-order valence-corrected chi connectivity index (χ0v) is 22.5. The number of ether oxygens (including phenoxy) is 2. The lowest BCUT2D eigenvalue weighted by Crippen LogP contribution is -2.12. The molecule has 10 heteroatoms. The quantitative estimate of drug-likeness (QED) is 0.290. The van der Waals surface area contributed by atoms with Gasteiger partial charge in [-0.05, 0) is 76.2 Å². The maximum absolute atomic E-state index is 11.9. The molecule has 0 spiro atoms. The first-order valence-electron chi connectivity index (χ1n) is 11.5. The molecule has 0 saturated carbocycles. The van der Waals surface area contributed by atoms with Gasteiger partial charge in [0.05, 0.1) is 47.6 Å². The first-order valence-corrected chi connectivity index (χ1v) is 12.3. The second-order valence-corrected chi connectivity index (χ2v) is 8.66. The van der Waals surface area contributed by atoms with Crippen LogP contribution in [-0.4, -0.2) is 44.7 Å². The van der Waals surface area contributed by atoms with Gasteiger partial charge in [-0.25, -0.2) is 19.0 Å². The van der Waals surface area contributed by atoms with Gasteiger partial charge in [-0.3, -0.25) is 0 Å². The minimum absolute atomic E-state index is 0.307. The number of halogens is 1. The highest BCUT2D eigenvalue weighted by molar-refractivity contribution is 9.10. The summed E-state index contributed by atoms with van der Waals surface area (Å²) in [5, 5.41) is 17.5. The van der Waals surface area contributed by atoms with E-state index in [4.69, 9.17) is 14.7 Å². The van der Waals surface area contributed by atoms with Crippen LogP contribution in [-0.2, 0) is 9.47 Å². The van der Waals surface area contributed by atoms with Gasteiger partial charge in [0.25, 0.3) is 0 Å². The van der Waals surface area contributed by atoms with E-state index in [0.29, 0.717) is 41.5 Å². The average molecular weight is 564 g/mol. The summed E-state index contributed by atoms with van der Waals surface area (Å²) in [6.45, 7) is 7.83. The van der Waals surface area contributed by atoms with Crippen LogP contribution in [0.15, 0.2) is 65.1 Å². The van der Waals surface area contributed by atoms with E-state index in [1.807, 2.05) is 31.2 Å². The number of rotatable bonds is 6. The largest absolute Gasteiger partial charge is 0.461 e. The SMILES string of the molecule is CCOC(=O)c1cc(C)nn1-c1cccc(Br)c1.CCOC(=O)c1cc(C)nn1-c1cccc(C#N)c1. The van der Waals surface area contributed by atoms with Crippen molar-refractivity contribution in [3.63, 3.8) is 0 Å². The second kappa shape index (κ2) is 12.6. The molecule has 0 aliphatic carbocycles. The summed E-state index contributed by atoms with van der Waals surface area (Å²) in [6.07, 6.45) is 0. The molecule has 37 heavy (non-hydrogen) atoms. The summed E-state index contributed by atoms with van der Waals surface area (Å²) in [4.78, 5) is 23.7. The number of nitriles is 1. The Morgan fingerprint density at radius 2 is 1.32 bits per heavy atom. The standard InChI is InChI=1S/C14H13N3O2.C13H13BrN2O2/c1-3-19-14(18)13-7-10(2)16-17(13)12-6-4-5-11(8-12)9-15;1-3-18-13(17)12-7-9(2)15-16(12)11-6-4-5-10(14)8-11/h4-8H,3H2,1-2H3;4-8H,3H2,1-2H3. The molecule has 0 aliphatic rings. The van der Waals surface area contributed by atoms with Crippen molar-refractivity contribution >= 4 is 27.9 Å². The van der Waals surface area contributed by atoms with Gasteiger partial charge in [0.2, 0.25) is 0 Å². The lowest BCUT2D eigenvalue weighted by molar-refractivity contribution is 0.0506. The van der Waals surface area contributed by atoms with Crippen molar-refractivity contribution in [3.8, 4) is 17.4 Å². The number of hydrogen-bond acceptors (Lipinski definition) is 7. The molecule has 0 fully saturated rings. The molecule has 4 aromatic rings. The molecule has 0 bridgehead atoms. The van der Waals surface area contributed by atoms with E-state index in [-0.39, 0.29) is 5.97 Å². The van der Waals surface area contributed by atoms with E-state index in [9.17, 15) is 9.59 Å². The third-order valence-electron chi connectivity index (χ3n) is 4.90. The van der Waals surface area contributed by atoms with E-state index in [1.54, 1.807) is 61.9 Å². The first kappa shape index (κ1) is 27.4. The van der Waals surface area contributed by atoms with Crippen molar-refractivity contribution < 1.29 is 19.1 Å². The van der Waals surface area contributed by atoms with Gasteiger partial charge in [0.1, 0.15) is 0 Å². The van der Waals surface area contributed by atoms with Crippen LogP contribution < -0.4 is 0 Å². The minimum atomic E-state index is -0.425. The summed E-state index contributed by atoms with van der Waals surface area (Å²) in [5.41, 5.74) is 4.28. The maximum Gasteiger partial charge on any atom is 0.357 e. The number of carbonyl (C=O) groups is 2. The van der Waals surface area contributed by atoms with Crippen molar-refractivity contribution in [2.24, 2.45) is 0 Å². The fourth-order valence-corrected chi connectivity index (χ4v) is 3.80. The van der Waals surface area contributed by atoms with Crippen molar-refractivity contribution in [2.45, 2.75) is 27.7 Å². The summed E-state index contributed by atoms with van der Waals surface area (Å²) >= 11 is 3.40. The van der Waals surface area contributed by atoms with Gasteiger partial charge in [-0.1, -0.05) is 28.1 Å². The Labute approximate surface area is 223 Å². The molecule has 0 amide bonds. The zero-order chi connectivity index (χ0) is 26.9. The highest BCUT2D eigenvalue weighted by Gasteiger charge is 2.17. The van der Waals surface area contributed by atoms with Crippen molar-refractivity contribution in [2.75, 3.05) is 13.2 Å². The molecule has 9 nitrogen and oxygen atoms in total. The Balaban J connectivity index is 0.000000206. The van der Waals surface area contributed by atoms with Crippen LogP contribution >= 0.6 is 15.9 Å². The lowest BCUT2D eigenvalue weighted by atomic mass is 10.2. The Bertz CT molecular complexity index is 1450. The Hall–Kier alpha value is -4.23. The highest BCUT2D eigenvalue weighted by atomic mass is 79.9. The van der Waals surface area contributed by atoms with Gasteiger partial charge < -0.3 is 9.47 Å². The third kappa shape index (κ3) is 6.92. The van der Waals surface area contributed by atoms with Crippen LogP contribution in [0.3, 0.4) is 0 Å². The van der Waals surface area contributed by atoms with Gasteiger partial charge in [0.15, 0.2) is 11.4 Å². The van der Waals surface area contributed by atoms with Crippen molar-refractivity contribution in [3.05, 3.63) is 93.5 Å². The Kier molecular flexibility index (Phi) is 9.35. The van der Waals surface area contributed by atoms with Gasteiger partial charge in [-0.15, -0.1) is 0 Å². The van der Waals surface area contributed by atoms with Crippen LogP contribution in [0.2, 0.25) is 0 Å². The van der Waals surface area contributed by atoms with Crippen molar-refractivity contribution in [1.82, 2.24) is 19.6 Å². The molecular weight excluding hydrogens is 538 g/mol. The molecule has 2 heterocycles. The maximum atomic E-state index is 11.9. The van der Waals surface area contributed by atoms with Crippen LogP contribution in [0.5, 0.6) is 0 Å². The number of aromatic nitrogens is 4. The fraction of sp³-hybridized carbons (Fsp3) is 0.222. The normalized spacial score (nSPS) is 10.2. The molecule has 190 valence electrons.